The van der Waals surface area contributed by atoms with Crippen LogP contribution in [-0.2, 0) is 22.7 Å². The van der Waals surface area contributed by atoms with E-state index in [9.17, 15) is 19.8 Å². The van der Waals surface area contributed by atoms with Crippen LogP contribution < -0.4 is 15.0 Å². The van der Waals surface area contributed by atoms with Crippen LogP contribution in [0.15, 0.2) is 91.1 Å². The molecule has 0 unspecified atom stereocenters. The minimum atomic E-state index is -1.87. The maximum absolute atomic E-state index is 12.7. The Morgan fingerprint density at radius 2 is 1.46 bits per heavy atom. The third-order valence-corrected chi connectivity index (χ3v) is 6.87. The zero-order chi connectivity index (χ0) is 28.6. The lowest BCUT2D eigenvalue weighted by atomic mass is 10.1. The van der Waals surface area contributed by atoms with Gasteiger partial charge in [0, 0.05) is 38.4 Å². The highest BCUT2D eigenvalue weighted by atomic mass is 16.5. The van der Waals surface area contributed by atoms with E-state index in [4.69, 9.17) is 4.74 Å². The summed E-state index contributed by atoms with van der Waals surface area (Å²) in [6, 6.07) is 26.6. The van der Waals surface area contributed by atoms with Crippen LogP contribution in [0.2, 0.25) is 0 Å². The Hall–Kier alpha value is -4.74. The summed E-state index contributed by atoms with van der Waals surface area (Å²) < 4.78 is 7.46. The van der Waals surface area contributed by atoms with Gasteiger partial charge in [-0.3, -0.25) is 9.59 Å². The molecule has 11 heteroatoms. The first-order chi connectivity index (χ1) is 20.0. The lowest BCUT2D eigenvalue weighted by Gasteiger charge is -2.37. The normalized spacial score (nSPS) is 14.8. The average Bonchev–Trinajstić information content (AvgIpc) is 3.52. The monoisotopic (exact) mass is 556 g/mol. The van der Waals surface area contributed by atoms with Gasteiger partial charge >= 0.3 is 0 Å². The fourth-order valence-electron chi connectivity index (χ4n) is 4.52. The SMILES string of the molecule is O=C(NCc1ccc(OCc2cn(-c3ccccc3)nn2)cc1)[C@H](O)[C@@H](O)C(=O)N1CCN(c2ccccc2)CC1. The summed E-state index contributed by atoms with van der Waals surface area (Å²) in [6.07, 6.45) is -1.91. The van der Waals surface area contributed by atoms with Crippen molar-refractivity contribution in [2.45, 2.75) is 25.4 Å². The Kier molecular flexibility index (Phi) is 8.87. The highest BCUT2D eigenvalue weighted by molar-refractivity contribution is 5.90. The number of piperazine rings is 1. The number of aromatic nitrogens is 3. The van der Waals surface area contributed by atoms with Crippen LogP contribution in [0.25, 0.3) is 5.69 Å². The Balaban J connectivity index is 1.05. The van der Waals surface area contributed by atoms with Crippen molar-refractivity contribution in [3.63, 3.8) is 0 Å². The van der Waals surface area contributed by atoms with Crippen molar-refractivity contribution in [1.82, 2.24) is 25.2 Å². The average molecular weight is 557 g/mol. The van der Waals surface area contributed by atoms with Crippen molar-refractivity contribution in [3.8, 4) is 11.4 Å². The summed E-state index contributed by atoms with van der Waals surface area (Å²) in [4.78, 5) is 28.8. The Labute approximate surface area is 237 Å². The number of hydrogen-bond donors (Lipinski definition) is 3. The molecular weight excluding hydrogens is 524 g/mol. The number of nitrogens with one attached hydrogen (secondary N) is 1. The number of rotatable bonds is 10. The fourth-order valence-corrected chi connectivity index (χ4v) is 4.52. The molecular formula is C30H32N6O5. The van der Waals surface area contributed by atoms with E-state index in [2.05, 4.69) is 20.5 Å². The summed E-state index contributed by atoms with van der Waals surface area (Å²) in [6.45, 7) is 2.31. The van der Waals surface area contributed by atoms with Gasteiger partial charge in [-0.25, -0.2) is 4.68 Å². The molecule has 2 amide bonds. The van der Waals surface area contributed by atoms with Gasteiger partial charge in [-0.2, -0.15) is 0 Å². The van der Waals surface area contributed by atoms with E-state index in [-0.39, 0.29) is 13.2 Å². The number of carbonyl (C=O) groups is 2. The first-order valence-electron chi connectivity index (χ1n) is 13.4. The molecule has 0 aliphatic carbocycles. The molecule has 0 radical (unpaired) electrons. The van der Waals surface area contributed by atoms with Crippen LogP contribution in [0.4, 0.5) is 5.69 Å². The molecule has 0 spiro atoms. The summed E-state index contributed by atoms with van der Waals surface area (Å²) in [5, 5.41) is 31.6. The van der Waals surface area contributed by atoms with Gasteiger partial charge in [0.1, 0.15) is 18.1 Å². The van der Waals surface area contributed by atoms with Crippen LogP contribution in [0, 0.1) is 0 Å². The number of carbonyl (C=O) groups excluding carboxylic acids is 2. The predicted octanol–water partition coefficient (Wildman–Crippen LogP) is 1.53. The highest BCUT2D eigenvalue weighted by Gasteiger charge is 2.34. The maximum atomic E-state index is 12.7. The number of hydrogen-bond acceptors (Lipinski definition) is 8. The second-order valence-electron chi connectivity index (χ2n) is 9.68. The molecule has 1 aliphatic heterocycles. The summed E-state index contributed by atoms with van der Waals surface area (Å²) in [5.41, 5.74) is 3.39. The largest absolute Gasteiger partial charge is 0.487 e. The summed E-state index contributed by atoms with van der Waals surface area (Å²) in [5.74, 6) is -0.871. The molecule has 2 heterocycles. The molecule has 0 bridgehead atoms. The minimum absolute atomic E-state index is 0.109. The molecule has 1 aliphatic rings. The molecule has 3 aromatic carbocycles. The molecule has 5 rings (SSSR count). The van der Waals surface area contributed by atoms with Crippen molar-refractivity contribution < 1.29 is 24.5 Å². The number of aliphatic hydroxyl groups is 2. The predicted molar refractivity (Wildman–Crippen MR) is 151 cm³/mol. The smallest absolute Gasteiger partial charge is 0.254 e. The van der Waals surface area contributed by atoms with Crippen molar-refractivity contribution in [3.05, 3.63) is 102 Å². The van der Waals surface area contributed by atoms with Crippen LogP contribution >= 0.6 is 0 Å². The molecule has 11 nitrogen and oxygen atoms in total. The minimum Gasteiger partial charge on any atom is -0.487 e. The van der Waals surface area contributed by atoms with Gasteiger partial charge in [0.25, 0.3) is 11.8 Å². The van der Waals surface area contributed by atoms with Crippen molar-refractivity contribution in [2.75, 3.05) is 31.1 Å². The molecule has 4 aromatic rings. The number of aliphatic hydroxyl groups excluding tert-OH is 2. The fraction of sp³-hybridized carbons (Fsp3) is 0.267. The zero-order valence-corrected chi connectivity index (χ0v) is 22.4. The third-order valence-electron chi connectivity index (χ3n) is 6.87. The third kappa shape index (κ3) is 7.07. The number of para-hydroxylation sites is 2. The highest BCUT2D eigenvalue weighted by Crippen LogP contribution is 2.17. The lowest BCUT2D eigenvalue weighted by molar-refractivity contribution is -0.153. The summed E-state index contributed by atoms with van der Waals surface area (Å²) in [7, 11) is 0. The number of anilines is 1. The second-order valence-corrected chi connectivity index (χ2v) is 9.68. The topological polar surface area (TPSA) is 133 Å². The standard InChI is InChI=1S/C30H32N6O5/c37-27(28(38)30(40)35-17-15-34(16-18-35)24-7-3-1-4-8-24)29(39)31-19-22-11-13-26(14-12-22)41-21-23-20-36(33-32-23)25-9-5-2-6-10-25/h1-14,20,27-28,37-38H,15-19,21H2,(H,31,39)/t27-,28-/m1/s1. The van der Waals surface area contributed by atoms with Gasteiger partial charge in [-0.1, -0.05) is 53.7 Å². The van der Waals surface area contributed by atoms with Gasteiger partial charge in [0.2, 0.25) is 0 Å². The van der Waals surface area contributed by atoms with Crippen molar-refractivity contribution >= 4 is 17.5 Å². The van der Waals surface area contributed by atoms with Crippen molar-refractivity contribution in [2.24, 2.45) is 0 Å². The van der Waals surface area contributed by atoms with Gasteiger partial charge in [-0.05, 0) is 42.0 Å². The van der Waals surface area contributed by atoms with E-state index < -0.39 is 24.0 Å². The number of nitrogens with zero attached hydrogens (tertiary/aromatic N) is 5. The maximum Gasteiger partial charge on any atom is 0.254 e. The quantitative estimate of drug-likeness (QED) is 0.268. The van der Waals surface area contributed by atoms with E-state index in [0.717, 1.165) is 16.9 Å². The Morgan fingerprint density at radius 1 is 0.829 bits per heavy atom. The van der Waals surface area contributed by atoms with E-state index in [1.807, 2.05) is 60.7 Å². The second kappa shape index (κ2) is 13.1. The van der Waals surface area contributed by atoms with Crippen LogP contribution in [-0.4, -0.2) is 80.3 Å². The zero-order valence-electron chi connectivity index (χ0n) is 22.4. The molecule has 3 N–H and O–H groups in total. The molecule has 0 saturated carbocycles. The summed E-state index contributed by atoms with van der Waals surface area (Å²) >= 11 is 0. The number of benzene rings is 3. The number of amides is 2. The molecule has 41 heavy (non-hydrogen) atoms. The van der Waals surface area contributed by atoms with Crippen LogP contribution in [0.5, 0.6) is 5.75 Å². The molecule has 212 valence electrons. The van der Waals surface area contributed by atoms with E-state index in [0.29, 0.717) is 37.6 Å². The van der Waals surface area contributed by atoms with Crippen molar-refractivity contribution in [1.29, 1.82) is 0 Å². The first-order valence-corrected chi connectivity index (χ1v) is 13.4. The van der Waals surface area contributed by atoms with Gasteiger partial charge in [0.15, 0.2) is 12.2 Å². The Morgan fingerprint density at radius 3 is 2.12 bits per heavy atom. The van der Waals surface area contributed by atoms with E-state index >= 15 is 0 Å². The van der Waals surface area contributed by atoms with Gasteiger partial charge in [-0.15, -0.1) is 5.10 Å². The van der Waals surface area contributed by atoms with Gasteiger partial charge in [0.05, 0.1) is 11.9 Å². The molecule has 2 atom stereocenters. The van der Waals surface area contributed by atoms with Gasteiger partial charge < -0.3 is 30.1 Å². The molecule has 1 saturated heterocycles. The molecule has 1 fully saturated rings. The van der Waals surface area contributed by atoms with E-state index in [1.165, 1.54) is 4.90 Å². The number of ether oxygens (including phenoxy) is 1. The Bertz CT molecular complexity index is 1420. The van der Waals surface area contributed by atoms with Crippen LogP contribution in [0.3, 0.4) is 0 Å². The first kappa shape index (κ1) is 27.8. The molecule has 1 aromatic heterocycles. The lowest BCUT2D eigenvalue weighted by Crippen LogP contribution is -2.55. The van der Waals surface area contributed by atoms with E-state index in [1.54, 1.807) is 35.1 Å². The van der Waals surface area contributed by atoms with Crippen LogP contribution in [0.1, 0.15) is 11.3 Å².